The Hall–Kier alpha value is -2.29. The van der Waals surface area contributed by atoms with Gasteiger partial charge in [-0.15, -0.1) is 23.5 Å². The molecular weight excluding hydrogens is 476 g/mol. The zero-order valence-corrected chi connectivity index (χ0v) is 19.8. The third-order valence-corrected chi connectivity index (χ3v) is 8.27. The van der Waals surface area contributed by atoms with Crippen molar-refractivity contribution >= 4 is 53.2 Å². The number of nitrogens with zero attached hydrogens (tertiary/aromatic N) is 1. The molecule has 12 nitrogen and oxygen atoms in total. The average molecular weight is 505 g/mol. The second-order valence-electron chi connectivity index (χ2n) is 8.26. The first-order valence-electron chi connectivity index (χ1n) is 10.1. The van der Waals surface area contributed by atoms with Gasteiger partial charge in [-0.3, -0.25) is 24.1 Å². The molecule has 2 aliphatic rings. The second kappa shape index (κ2) is 10.8. The predicted molar refractivity (Wildman–Crippen MR) is 121 cm³/mol. The first kappa shape index (κ1) is 27.0. The standard InChI is InChI=1S/C19H28N4O8S2/c1-19(2,13(21)18(30)31)33-7-8-6-32-15-11(14(25)23(15)12(8)17(28)29)22-10(24)5-3-4-9(20)16(26)27/h9,11,13,15H,3-7,20-21H2,1-2H3,(H,22,24)(H,26,27)(H,28,29)(H,30,31)/t9-,11-,13+,15-/m1/s1. The van der Waals surface area contributed by atoms with Crippen LogP contribution in [0.4, 0.5) is 0 Å². The molecule has 8 N–H and O–H groups in total. The van der Waals surface area contributed by atoms with Gasteiger partial charge in [-0.2, -0.15) is 0 Å². The van der Waals surface area contributed by atoms with Crippen LogP contribution in [0.3, 0.4) is 0 Å². The summed E-state index contributed by atoms with van der Waals surface area (Å²) < 4.78 is -0.872. The van der Waals surface area contributed by atoms with Crippen LogP contribution in [-0.4, -0.2) is 89.7 Å². The number of carboxylic acids is 3. The zero-order valence-electron chi connectivity index (χ0n) is 18.1. The van der Waals surface area contributed by atoms with Crippen molar-refractivity contribution in [1.82, 2.24) is 10.2 Å². The van der Waals surface area contributed by atoms with Gasteiger partial charge >= 0.3 is 17.9 Å². The quantitative estimate of drug-likeness (QED) is 0.181. The van der Waals surface area contributed by atoms with E-state index in [0.717, 1.165) is 4.90 Å². The van der Waals surface area contributed by atoms with Gasteiger partial charge in [0.2, 0.25) is 5.91 Å². The molecule has 2 aliphatic heterocycles. The van der Waals surface area contributed by atoms with Crippen molar-refractivity contribution in [3.8, 4) is 0 Å². The Balaban J connectivity index is 2.02. The fourth-order valence-electron chi connectivity index (χ4n) is 3.31. The average Bonchev–Trinajstić information content (AvgIpc) is 2.74. The van der Waals surface area contributed by atoms with Gasteiger partial charge in [0, 0.05) is 22.7 Å². The van der Waals surface area contributed by atoms with Gasteiger partial charge in [0.15, 0.2) is 0 Å². The highest BCUT2D eigenvalue weighted by molar-refractivity contribution is 8.01. The van der Waals surface area contributed by atoms with Crippen LogP contribution in [0.25, 0.3) is 0 Å². The maximum atomic E-state index is 12.7. The van der Waals surface area contributed by atoms with E-state index in [9.17, 15) is 29.1 Å². The van der Waals surface area contributed by atoms with E-state index in [-0.39, 0.29) is 30.7 Å². The Morgan fingerprint density at radius 1 is 1.21 bits per heavy atom. The summed E-state index contributed by atoms with van der Waals surface area (Å²) in [6.07, 6.45) is 0.336. The molecule has 0 bridgehead atoms. The molecule has 0 radical (unpaired) electrons. The molecule has 0 unspecified atom stereocenters. The van der Waals surface area contributed by atoms with Crippen LogP contribution in [0, 0.1) is 0 Å². The summed E-state index contributed by atoms with van der Waals surface area (Å²) in [5.74, 6) is -4.13. The van der Waals surface area contributed by atoms with Gasteiger partial charge in [0.05, 0.1) is 0 Å². The van der Waals surface area contributed by atoms with Crippen LogP contribution in [0.5, 0.6) is 0 Å². The van der Waals surface area contributed by atoms with Gasteiger partial charge in [-0.05, 0) is 32.3 Å². The topological polar surface area (TPSA) is 213 Å². The minimum absolute atomic E-state index is 0.00935. The van der Waals surface area contributed by atoms with Gasteiger partial charge in [-0.1, -0.05) is 0 Å². The summed E-state index contributed by atoms with van der Waals surface area (Å²) in [5, 5.41) is 29.7. The molecule has 0 aliphatic carbocycles. The van der Waals surface area contributed by atoms with Gasteiger partial charge in [0.25, 0.3) is 5.91 Å². The fraction of sp³-hybridized carbons (Fsp3) is 0.632. The number of thioether (sulfide) groups is 2. The molecule has 0 aromatic rings. The molecule has 2 rings (SSSR count). The molecule has 4 atom stereocenters. The number of nitrogens with one attached hydrogen (secondary N) is 1. The Morgan fingerprint density at radius 3 is 2.39 bits per heavy atom. The molecule has 0 spiro atoms. The molecular formula is C19H28N4O8S2. The van der Waals surface area contributed by atoms with Crippen LogP contribution >= 0.6 is 23.5 Å². The lowest BCUT2D eigenvalue weighted by atomic mass is 10.0. The molecule has 0 aromatic carbocycles. The summed E-state index contributed by atoms with van der Waals surface area (Å²) in [6.45, 7) is 3.31. The lowest BCUT2D eigenvalue weighted by Crippen LogP contribution is -2.70. The molecule has 1 saturated heterocycles. The second-order valence-corrected chi connectivity index (χ2v) is 11.0. The third kappa shape index (κ3) is 6.19. The Morgan fingerprint density at radius 2 is 1.85 bits per heavy atom. The number of nitrogens with two attached hydrogens (primary N) is 2. The maximum Gasteiger partial charge on any atom is 0.352 e. The molecule has 184 valence electrons. The number of carboxylic acid groups (broad SMARTS) is 3. The summed E-state index contributed by atoms with van der Waals surface area (Å²) in [5.41, 5.74) is 11.4. The van der Waals surface area contributed by atoms with Crippen molar-refractivity contribution in [3.63, 3.8) is 0 Å². The summed E-state index contributed by atoms with van der Waals surface area (Å²) >= 11 is 2.50. The van der Waals surface area contributed by atoms with E-state index in [1.54, 1.807) is 13.8 Å². The van der Waals surface area contributed by atoms with E-state index in [0.29, 0.717) is 11.3 Å². The summed E-state index contributed by atoms with van der Waals surface area (Å²) in [4.78, 5) is 59.8. The van der Waals surface area contributed by atoms with E-state index >= 15 is 0 Å². The minimum atomic E-state index is -1.28. The lowest BCUT2D eigenvalue weighted by Gasteiger charge is -2.49. The highest BCUT2D eigenvalue weighted by Gasteiger charge is 2.54. The van der Waals surface area contributed by atoms with Crippen LogP contribution in [0.1, 0.15) is 33.1 Å². The van der Waals surface area contributed by atoms with Crippen molar-refractivity contribution in [3.05, 3.63) is 11.3 Å². The lowest BCUT2D eigenvalue weighted by molar-refractivity contribution is -0.150. The highest BCUT2D eigenvalue weighted by atomic mass is 32.2. The van der Waals surface area contributed by atoms with Crippen molar-refractivity contribution < 1.29 is 39.3 Å². The fourth-order valence-corrected chi connectivity index (χ4v) is 5.85. The normalized spacial score (nSPS) is 22.2. The number of carbonyl (C=O) groups excluding carboxylic acids is 2. The van der Waals surface area contributed by atoms with Gasteiger partial charge < -0.3 is 32.1 Å². The molecule has 14 heteroatoms. The molecule has 2 amide bonds. The monoisotopic (exact) mass is 504 g/mol. The SMILES string of the molecule is CC(C)(SCC1=C(C(=O)O)N2C(=O)[C@@H](NC(=O)CCC[C@@H](N)C(=O)O)[C@H]2SC1)[C@@H](N)C(=O)O. The number of aliphatic carboxylic acids is 3. The number of carbonyl (C=O) groups is 5. The number of fused-ring (bicyclic) bond motifs is 1. The van der Waals surface area contributed by atoms with E-state index in [4.69, 9.17) is 21.7 Å². The maximum absolute atomic E-state index is 12.7. The Kier molecular flexibility index (Phi) is 8.79. The number of rotatable bonds is 12. The molecule has 0 saturated carbocycles. The molecule has 0 aromatic heterocycles. The van der Waals surface area contributed by atoms with E-state index in [2.05, 4.69) is 5.32 Å². The largest absolute Gasteiger partial charge is 0.480 e. The first-order valence-corrected chi connectivity index (χ1v) is 12.1. The number of β-lactam (4-membered cyclic amide) rings is 1. The van der Waals surface area contributed by atoms with E-state index < -0.39 is 58.0 Å². The number of hydrogen-bond donors (Lipinski definition) is 6. The highest BCUT2D eigenvalue weighted by Crippen LogP contribution is 2.42. The van der Waals surface area contributed by atoms with Crippen LogP contribution < -0.4 is 16.8 Å². The first-order chi connectivity index (χ1) is 15.3. The van der Waals surface area contributed by atoms with Crippen LogP contribution in [0.2, 0.25) is 0 Å². The third-order valence-electron chi connectivity index (χ3n) is 5.44. The smallest absolute Gasteiger partial charge is 0.352 e. The van der Waals surface area contributed by atoms with Crippen LogP contribution in [-0.2, 0) is 24.0 Å². The number of hydrogen-bond acceptors (Lipinski definition) is 9. The minimum Gasteiger partial charge on any atom is -0.480 e. The Bertz CT molecular complexity index is 878. The summed E-state index contributed by atoms with van der Waals surface area (Å²) in [7, 11) is 0. The van der Waals surface area contributed by atoms with Gasteiger partial charge in [0.1, 0.15) is 29.2 Å². The zero-order chi connectivity index (χ0) is 25.1. The molecule has 33 heavy (non-hydrogen) atoms. The van der Waals surface area contributed by atoms with Crippen molar-refractivity contribution in [2.24, 2.45) is 11.5 Å². The summed E-state index contributed by atoms with van der Waals surface area (Å²) in [6, 6.07) is -3.10. The van der Waals surface area contributed by atoms with E-state index in [1.807, 2.05) is 0 Å². The molecule has 1 fully saturated rings. The predicted octanol–water partition coefficient (Wildman–Crippen LogP) is -0.769. The Labute approximate surface area is 198 Å². The van der Waals surface area contributed by atoms with E-state index in [1.165, 1.54) is 23.5 Å². The van der Waals surface area contributed by atoms with Crippen molar-refractivity contribution in [1.29, 1.82) is 0 Å². The molecule has 2 heterocycles. The number of amides is 2. The van der Waals surface area contributed by atoms with Crippen LogP contribution in [0.15, 0.2) is 11.3 Å². The van der Waals surface area contributed by atoms with Gasteiger partial charge in [-0.25, -0.2) is 4.79 Å². The van der Waals surface area contributed by atoms with Crippen molar-refractivity contribution in [2.75, 3.05) is 11.5 Å². The van der Waals surface area contributed by atoms with Crippen molar-refractivity contribution in [2.45, 2.75) is 61.4 Å².